The fourth-order valence-corrected chi connectivity index (χ4v) is 3.11. The van der Waals surface area contributed by atoms with Crippen molar-refractivity contribution in [2.45, 2.75) is 12.6 Å². The minimum atomic E-state index is -0.235. The topological polar surface area (TPSA) is 15.3 Å². The SMILES string of the molecule is CN(C(=S)NCc1ccc(F)cc1)C(c1ccccc1)c1ccccc1. The molecule has 26 heavy (non-hydrogen) atoms. The Labute approximate surface area is 159 Å². The van der Waals surface area contributed by atoms with E-state index in [0.29, 0.717) is 11.7 Å². The zero-order valence-corrected chi connectivity index (χ0v) is 15.4. The van der Waals surface area contributed by atoms with E-state index in [4.69, 9.17) is 12.2 Å². The summed E-state index contributed by atoms with van der Waals surface area (Å²) in [5.41, 5.74) is 3.33. The summed E-state index contributed by atoms with van der Waals surface area (Å²) in [4.78, 5) is 2.06. The summed E-state index contributed by atoms with van der Waals surface area (Å²) in [5.74, 6) is -0.235. The molecule has 4 heteroatoms. The molecule has 0 radical (unpaired) electrons. The lowest BCUT2D eigenvalue weighted by Crippen LogP contribution is -2.39. The molecule has 0 bridgehead atoms. The number of halogens is 1. The van der Waals surface area contributed by atoms with Crippen molar-refractivity contribution >= 4 is 17.3 Å². The first kappa shape index (κ1) is 18.1. The Kier molecular flexibility index (Phi) is 5.97. The van der Waals surface area contributed by atoms with Gasteiger partial charge >= 0.3 is 0 Å². The van der Waals surface area contributed by atoms with Gasteiger partial charge in [-0.2, -0.15) is 0 Å². The zero-order chi connectivity index (χ0) is 18.4. The highest BCUT2D eigenvalue weighted by Crippen LogP contribution is 2.27. The van der Waals surface area contributed by atoms with Gasteiger partial charge in [0, 0.05) is 13.6 Å². The second-order valence-corrected chi connectivity index (χ2v) is 6.51. The summed E-state index contributed by atoms with van der Waals surface area (Å²) in [6.07, 6.45) is 0. The van der Waals surface area contributed by atoms with E-state index in [1.165, 1.54) is 23.3 Å². The second-order valence-electron chi connectivity index (χ2n) is 6.12. The quantitative estimate of drug-likeness (QED) is 0.647. The van der Waals surface area contributed by atoms with Crippen molar-refractivity contribution in [1.29, 1.82) is 0 Å². The van der Waals surface area contributed by atoms with E-state index in [-0.39, 0.29) is 11.9 Å². The van der Waals surface area contributed by atoms with Crippen LogP contribution >= 0.6 is 12.2 Å². The van der Waals surface area contributed by atoms with E-state index in [9.17, 15) is 4.39 Å². The van der Waals surface area contributed by atoms with Crippen LogP contribution in [0.25, 0.3) is 0 Å². The third-order valence-corrected chi connectivity index (χ3v) is 4.73. The second kappa shape index (κ2) is 8.59. The van der Waals surface area contributed by atoms with Crippen LogP contribution in [0, 0.1) is 5.82 Å². The molecule has 0 fully saturated rings. The van der Waals surface area contributed by atoms with Gasteiger partial charge in [-0.25, -0.2) is 4.39 Å². The Bertz CT molecular complexity index is 796. The Morgan fingerprint density at radius 3 is 1.88 bits per heavy atom. The number of nitrogens with zero attached hydrogens (tertiary/aromatic N) is 1. The fraction of sp³-hybridized carbons (Fsp3) is 0.136. The van der Waals surface area contributed by atoms with E-state index >= 15 is 0 Å². The molecule has 0 aliphatic rings. The first-order valence-electron chi connectivity index (χ1n) is 8.50. The highest BCUT2D eigenvalue weighted by molar-refractivity contribution is 7.80. The average Bonchev–Trinajstić information content (AvgIpc) is 2.69. The maximum absolute atomic E-state index is 13.0. The highest BCUT2D eigenvalue weighted by atomic mass is 32.1. The van der Waals surface area contributed by atoms with Crippen LogP contribution in [0.1, 0.15) is 22.7 Å². The van der Waals surface area contributed by atoms with Crippen LogP contribution in [-0.2, 0) is 6.54 Å². The van der Waals surface area contributed by atoms with E-state index in [2.05, 4.69) is 34.5 Å². The van der Waals surface area contributed by atoms with Crippen LogP contribution in [0.4, 0.5) is 4.39 Å². The van der Waals surface area contributed by atoms with Gasteiger partial charge in [0.2, 0.25) is 0 Å². The Hall–Kier alpha value is -2.72. The number of hydrogen-bond donors (Lipinski definition) is 1. The lowest BCUT2D eigenvalue weighted by Gasteiger charge is -2.31. The smallest absolute Gasteiger partial charge is 0.169 e. The summed E-state index contributed by atoms with van der Waals surface area (Å²) in [5, 5.41) is 3.92. The zero-order valence-electron chi connectivity index (χ0n) is 14.6. The molecule has 0 aliphatic carbocycles. The number of benzene rings is 3. The molecule has 0 saturated carbocycles. The van der Waals surface area contributed by atoms with Crippen LogP contribution in [0.5, 0.6) is 0 Å². The Morgan fingerprint density at radius 2 is 1.38 bits per heavy atom. The molecule has 0 heterocycles. The lowest BCUT2D eigenvalue weighted by molar-refractivity contribution is 0.419. The van der Waals surface area contributed by atoms with Crippen molar-refractivity contribution < 1.29 is 4.39 Å². The van der Waals surface area contributed by atoms with Gasteiger partial charge in [0.1, 0.15) is 5.82 Å². The number of nitrogens with one attached hydrogen (secondary N) is 1. The van der Waals surface area contributed by atoms with Crippen LogP contribution in [0.2, 0.25) is 0 Å². The molecule has 132 valence electrons. The lowest BCUT2D eigenvalue weighted by atomic mass is 9.98. The van der Waals surface area contributed by atoms with Gasteiger partial charge in [-0.05, 0) is 41.0 Å². The molecule has 2 nitrogen and oxygen atoms in total. The molecule has 3 aromatic carbocycles. The van der Waals surface area contributed by atoms with Gasteiger partial charge in [-0.15, -0.1) is 0 Å². The number of thiocarbonyl (C=S) groups is 1. The van der Waals surface area contributed by atoms with Gasteiger partial charge in [0.15, 0.2) is 5.11 Å². The summed E-state index contributed by atoms with van der Waals surface area (Å²) < 4.78 is 13.0. The van der Waals surface area contributed by atoms with E-state index in [1.807, 2.05) is 43.4 Å². The van der Waals surface area contributed by atoms with Crippen molar-refractivity contribution in [3.05, 3.63) is 107 Å². The minimum Gasteiger partial charge on any atom is -0.358 e. The van der Waals surface area contributed by atoms with Gasteiger partial charge in [0.05, 0.1) is 6.04 Å². The van der Waals surface area contributed by atoms with Crippen molar-refractivity contribution in [3.63, 3.8) is 0 Å². The predicted octanol–water partition coefficient (Wildman–Crippen LogP) is 4.92. The van der Waals surface area contributed by atoms with E-state index in [1.54, 1.807) is 12.1 Å². The molecular formula is C22H21FN2S. The minimum absolute atomic E-state index is 0.0191. The first-order chi connectivity index (χ1) is 12.6. The molecular weight excluding hydrogens is 343 g/mol. The van der Waals surface area contributed by atoms with Gasteiger partial charge in [-0.1, -0.05) is 72.8 Å². The first-order valence-corrected chi connectivity index (χ1v) is 8.91. The summed E-state index contributed by atoms with van der Waals surface area (Å²) in [7, 11) is 1.99. The third-order valence-electron chi connectivity index (χ3n) is 4.30. The number of rotatable bonds is 5. The standard InChI is InChI=1S/C22H21FN2S/c1-25(22(26)24-16-17-12-14-20(23)15-13-17)21(18-8-4-2-5-9-18)19-10-6-3-7-11-19/h2-15,21H,16H2,1H3,(H,24,26). The summed E-state index contributed by atoms with van der Waals surface area (Å²) in [6.45, 7) is 0.555. The Morgan fingerprint density at radius 1 is 0.885 bits per heavy atom. The van der Waals surface area contributed by atoms with E-state index in [0.717, 1.165) is 5.56 Å². The van der Waals surface area contributed by atoms with Crippen LogP contribution in [0.15, 0.2) is 84.9 Å². The van der Waals surface area contributed by atoms with Crippen molar-refractivity contribution in [3.8, 4) is 0 Å². The molecule has 1 N–H and O–H groups in total. The normalized spacial score (nSPS) is 10.6. The van der Waals surface area contributed by atoms with E-state index < -0.39 is 0 Å². The van der Waals surface area contributed by atoms with Crippen LogP contribution in [-0.4, -0.2) is 17.1 Å². The van der Waals surface area contributed by atoms with Gasteiger partial charge < -0.3 is 10.2 Å². The molecule has 0 spiro atoms. The maximum Gasteiger partial charge on any atom is 0.169 e. The fourth-order valence-electron chi connectivity index (χ4n) is 2.93. The largest absolute Gasteiger partial charge is 0.358 e. The number of hydrogen-bond acceptors (Lipinski definition) is 1. The Balaban J connectivity index is 1.77. The molecule has 0 atom stereocenters. The summed E-state index contributed by atoms with van der Waals surface area (Å²) in [6, 6.07) is 27.1. The highest BCUT2D eigenvalue weighted by Gasteiger charge is 2.21. The van der Waals surface area contributed by atoms with Crippen LogP contribution < -0.4 is 5.32 Å². The molecule has 3 rings (SSSR count). The van der Waals surface area contributed by atoms with Gasteiger partial charge in [-0.3, -0.25) is 0 Å². The maximum atomic E-state index is 13.0. The molecule has 0 aromatic heterocycles. The molecule has 0 saturated heterocycles. The predicted molar refractivity (Wildman–Crippen MR) is 108 cm³/mol. The van der Waals surface area contributed by atoms with Gasteiger partial charge in [0.25, 0.3) is 0 Å². The monoisotopic (exact) mass is 364 g/mol. The van der Waals surface area contributed by atoms with Crippen LogP contribution in [0.3, 0.4) is 0 Å². The molecule has 0 aliphatic heterocycles. The molecule has 0 unspecified atom stereocenters. The van der Waals surface area contributed by atoms with Crippen molar-refractivity contribution in [1.82, 2.24) is 10.2 Å². The average molecular weight is 364 g/mol. The summed E-state index contributed by atoms with van der Waals surface area (Å²) >= 11 is 5.62. The van der Waals surface area contributed by atoms with Crippen molar-refractivity contribution in [2.24, 2.45) is 0 Å². The molecule has 3 aromatic rings. The molecule has 0 amide bonds. The van der Waals surface area contributed by atoms with Crippen molar-refractivity contribution in [2.75, 3.05) is 7.05 Å². The third kappa shape index (κ3) is 4.46.